The second-order valence-electron chi connectivity index (χ2n) is 5.04. The first kappa shape index (κ1) is 10.1. The highest BCUT2D eigenvalue weighted by Crippen LogP contribution is 2.27. The summed E-state index contributed by atoms with van der Waals surface area (Å²) in [5.74, 6) is 0. The van der Waals surface area contributed by atoms with Gasteiger partial charge in [-0.1, -0.05) is 24.3 Å². The van der Waals surface area contributed by atoms with Crippen molar-refractivity contribution in [2.24, 2.45) is 5.73 Å². The molecule has 15 heavy (non-hydrogen) atoms. The van der Waals surface area contributed by atoms with Crippen LogP contribution in [0.4, 0.5) is 0 Å². The van der Waals surface area contributed by atoms with E-state index in [1.165, 1.54) is 11.1 Å². The van der Waals surface area contributed by atoms with E-state index in [0.717, 1.165) is 12.2 Å². The number of fused-ring (bicyclic) bond motifs is 1. The van der Waals surface area contributed by atoms with Crippen LogP contribution in [0.15, 0.2) is 30.5 Å². The van der Waals surface area contributed by atoms with Gasteiger partial charge in [-0.05, 0) is 26.3 Å². The molecule has 0 unspecified atom stereocenters. The number of nitrogens with zero attached hydrogens (tertiary/aromatic N) is 1. The molecule has 1 aromatic rings. The van der Waals surface area contributed by atoms with E-state index in [-0.39, 0.29) is 5.54 Å². The van der Waals surface area contributed by atoms with Crippen molar-refractivity contribution >= 4 is 5.70 Å². The first-order valence-electron chi connectivity index (χ1n) is 5.31. The summed E-state index contributed by atoms with van der Waals surface area (Å²) in [5.41, 5.74) is 9.53. The summed E-state index contributed by atoms with van der Waals surface area (Å²) < 4.78 is 0. The number of nitrogens with two attached hydrogens (primary N) is 1. The monoisotopic (exact) mass is 202 g/mol. The van der Waals surface area contributed by atoms with Crippen molar-refractivity contribution in [3.63, 3.8) is 0 Å². The van der Waals surface area contributed by atoms with Gasteiger partial charge in [0.25, 0.3) is 0 Å². The van der Waals surface area contributed by atoms with Crippen molar-refractivity contribution in [1.29, 1.82) is 0 Å². The maximum atomic E-state index is 6.05. The summed E-state index contributed by atoms with van der Waals surface area (Å²) >= 11 is 0. The fourth-order valence-corrected chi connectivity index (χ4v) is 1.84. The lowest BCUT2D eigenvalue weighted by atomic mass is 9.97. The van der Waals surface area contributed by atoms with Crippen molar-refractivity contribution < 1.29 is 0 Å². The van der Waals surface area contributed by atoms with E-state index in [0.29, 0.717) is 0 Å². The minimum absolute atomic E-state index is 0.123. The summed E-state index contributed by atoms with van der Waals surface area (Å²) in [6, 6.07) is 8.33. The van der Waals surface area contributed by atoms with E-state index in [9.17, 15) is 0 Å². The maximum Gasteiger partial charge on any atom is 0.0553 e. The molecule has 0 bridgehead atoms. The second-order valence-corrected chi connectivity index (χ2v) is 5.04. The highest BCUT2D eigenvalue weighted by Gasteiger charge is 2.23. The van der Waals surface area contributed by atoms with Crippen LogP contribution in [0.2, 0.25) is 0 Å². The Morgan fingerprint density at radius 1 is 1.20 bits per heavy atom. The Hall–Kier alpha value is -1.44. The zero-order chi connectivity index (χ0) is 11.1. The van der Waals surface area contributed by atoms with Crippen LogP contribution in [0.25, 0.3) is 5.70 Å². The van der Waals surface area contributed by atoms with Crippen molar-refractivity contribution in [1.82, 2.24) is 4.90 Å². The first-order chi connectivity index (χ1) is 6.98. The van der Waals surface area contributed by atoms with E-state index in [1.807, 2.05) is 6.07 Å². The number of rotatable bonds is 0. The Morgan fingerprint density at radius 3 is 2.53 bits per heavy atom. The van der Waals surface area contributed by atoms with E-state index in [2.05, 4.69) is 50.1 Å². The van der Waals surface area contributed by atoms with Gasteiger partial charge in [-0.15, -0.1) is 0 Å². The van der Waals surface area contributed by atoms with Crippen LogP contribution in [0.3, 0.4) is 0 Å². The van der Waals surface area contributed by atoms with Gasteiger partial charge in [-0.2, -0.15) is 0 Å². The maximum absolute atomic E-state index is 6.05. The standard InChI is InChI=1S/C13H18N2/c1-13(2,3)15-8-10-6-4-5-7-11(10)12(14)9-15/h4-7,9H,8,14H2,1-3H3. The average molecular weight is 202 g/mol. The summed E-state index contributed by atoms with van der Waals surface area (Å²) in [5, 5.41) is 0. The molecule has 2 heteroatoms. The molecule has 0 aliphatic carbocycles. The molecule has 0 aromatic heterocycles. The van der Waals surface area contributed by atoms with Crippen LogP contribution < -0.4 is 5.73 Å². The minimum atomic E-state index is 0.123. The molecule has 1 aromatic carbocycles. The highest BCUT2D eigenvalue weighted by atomic mass is 15.2. The zero-order valence-electron chi connectivity index (χ0n) is 9.62. The fraction of sp³-hybridized carbons (Fsp3) is 0.385. The molecule has 2 rings (SSSR count). The molecule has 80 valence electrons. The van der Waals surface area contributed by atoms with Gasteiger partial charge in [0.1, 0.15) is 0 Å². The Bertz CT molecular complexity index is 399. The van der Waals surface area contributed by atoms with Gasteiger partial charge in [0, 0.05) is 23.8 Å². The third-order valence-electron chi connectivity index (χ3n) is 2.83. The van der Waals surface area contributed by atoms with Crippen molar-refractivity contribution in [3.05, 3.63) is 41.6 Å². The van der Waals surface area contributed by atoms with E-state index in [4.69, 9.17) is 5.73 Å². The third kappa shape index (κ3) is 1.84. The van der Waals surface area contributed by atoms with Crippen molar-refractivity contribution in [2.75, 3.05) is 0 Å². The molecule has 0 radical (unpaired) electrons. The summed E-state index contributed by atoms with van der Waals surface area (Å²) in [7, 11) is 0. The molecule has 0 saturated carbocycles. The van der Waals surface area contributed by atoms with Gasteiger partial charge >= 0.3 is 0 Å². The van der Waals surface area contributed by atoms with Crippen molar-refractivity contribution in [3.8, 4) is 0 Å². The molecule has 2 N–H and O–H groups in total. The normalized spacial score (nSPS) is 15.9. The lowest BCUT2D eigenvalue weighted by molar-refractivity contribution is 0.195. The van der Waals surface area contributed by atoms with Crippen LogP contribution in [0, 0.1) is 0 Å². The largest absolute Gasteiger partial charge is 0.397 e. The van der Waals surface area contributed by atoms with E-state index < -0.39 is 0 Å². The topological polar surface area (TPSA) is 29.3 Å². The number of hydrogen-bond acceptors (Lipinski definition) is 2. The van der Waals surface area contributed by atoms with Crippen LogP contribution in [0.1, 0.15) is 31.9 Å². The van der Waals surface area contributed by atoms with Crippen LogP contribution in [-0.2, 0) is 6.54 Å². The van der Waals surface area contributed by atoms with E-state index >= 15 is 0 Å². The van der Waals surface area contributed by atoms with Gasteiger partial charge in [0.15, 0.2) is 0 Å². The predicted molar refractivity (Wildman–Crippen MR) is 63.9 cm³/mol. The van der Waals surface area contributed by atoms with Crippen LogP contribution in [-0.4, -0.2) is 10.4 Å². The van der Waals surface area contributed by atoms with Gasteiger partial charge < -0.3 is 10.6 Å². The molecular formula is C13H18N2. The summed E-state index contributed by atoms with van der Waals surface area (Å²) in [6.45, 7) is 7.54. The van der Waals surface area contributed by atoms with E-state index in [1.54, 1.807) is 0 Å². The van der Waals surface area contributed by atoms with Crippen molar-refractivity contribution in [2.45, 2.75) is 32.9 Å². The Balaban J connectivity index is 2.41. The smallest absolute Gasteiger partial charge is 0.0553 e. The second kappa shape index (κ2) is 3.30. The molecule has 1 aliphatic heterocycles. The van der Waals surface area contributed by atoms with Gasteiger partial charge in [-0.3, -0.25) is 0 Å². The molecular weight excluding hydrogens is 184 g/mol. The highest BCUT2D eigenvalue weighted by molar-refractivity contribution is 5.67. The molecule has 0 amide bonds. The minimum Gasteiger partial charge on any atom is -0.397 e. The molecule has 0 atom stereocenters. The molecule has 0 spiro atoms. The van der Waals surface area contributed by atoms with Gasteiger partial charge in [-0.25, -0.2) is 0 Å². The van der Waals surface area contributed by atoms with Gasteiger partial charge in [0.05, 0.1) is 5.70 Å². The van der Waals surface area contributed by atoms with Crippen LogP contribution in [0.5, 0.6) is 0 Å². The lowest BCUT2D eigenvalue weighted by Crippen LogP contribution is -2.39. The quantitative estimate of drug-likeness (QED) is 0.700. The number of benzene rings is 1. The summed E-state index contributed by atoms with van der Waals surface area (Å²) in [6.07, 6.45) is 2.06. The molecule has 2 nitrogen and oxygen atoms in total. The molecule has 0 saturated heterocycles. The average Bonchev–Trinajstić information content (AvgIpc) is 2.16. The lowest BCUT2D eigenvalue weighted by Gasteiger charge is -2.38. The molecule has 1 aliphatic rings. The predicted octanol–water partition coefficient (Wildman–Crippen LogP) is 2.56. The Morgan fingerprint density at radius 2 is 1.87 bits per heavy atom. The third-order valence-corrected chi connectivity index (χ3v) is 2.83. The fourth-order valence-electron chi connectivity index (χ4n) is 1.84. The first-order valence-corrected chi connectivity index (χ1v) is 5.31. The SMILES string of the molecule is CC(C)(C)N1C=C(N)c2ccccc2C1. The Kier molecular flexibility index (Phi) is 2.22. The number of hydrogen-bond donors (Lipinski definition) is 1. The van der Waals surface area contributed by atoms with Crippen LogP contribution >= 0.6 is 0 Å². The summed E-state index contributed by atoms with van der Waals surface area (Å²) in [4.78, 5) is 2.28. The van der Waals surface area contributed by atoms with Gasteiger partial charge in [0.2, 0.25) is 0 Å². The molecule has 1 heterocycles. The zero-order valence-corrected chi connectivity index (χ0v) is 9.62. The Labute approximate surface area is 91.4 Å². The molecule has 0 fully saturated rings.